The van der Waals surface area contributed by atoms with Crippen molar-refractivity contribution in [1.82, 2.24) is 0 Å². The van der Waals surface area contributed by atoms with Crippen molar-refractivity contribution in [2.75, 3.05) is 5.32 Å². The van der Waals surface area contributed by atoms with Crippen molar-refractivity contribution >= 4 is 52.1 Å². The third-order valence-electron chi connectivity index (χ3n) is 2.41. The summed E-state index contributed by atoms with van der Waals surface area (Å²) in [5.74, 6) is 0. The van der Waals surface area contributed by atoms with Gasteiger partial charge in [0.25, 0.3) is 0 Å². The van der Waals surface area contributed by atoms with E-state index in [1.807, 2.05) is 12.1 Å². The minimum absolute atomic E-state index is 0.513. The fraction of sp³-hybridized carbons (Fsp3) is 0.0769. The summed E-state index contributed by atoms with van der Waals surface area (Å²) in [6.07, 6.45) is 0. The molecule has 5 heteroatoms. The van der Waals surface area contributed by atoms with Gasteiger partial charge in [0.05, 0.1) is 10.0 Å². The molecule has 2 aromatic carbocycles. The number of nitrogens with one attached hydrogen (secondary N) is 1. The SMILES string of the molecule is Clc1ccc(Cl)c(CNc2ccc(Cl)c(Cl)c2)c1. The molecule has 0 bridgehead atoms. The Morgan fingerprint density at radius 2 is 1.50 bits per heavy atom. The molecule has 2 rings (SSSR count). The molecule has 0 spiro atoms. The first-order valence-electron chi connectivity index (χ1n) is 5.19. The van der Waals surface area contributed by atoms with E-state index in [2.05, 4.69) is 5.32 Å². The van der Waals surface area contributed by atoms with Crippen LogP contribution >= 0.6 is 46.4 Å². The van der Waals surface area contributed by atoms with E-state index in [4.69, 9.17) is 46.4 Å². The zero-order valence-corrected chi connectivity index (χ0v) is 12.2. The largest absolute Gasteiger partial charge is 0.381 e. The molecule has 0 amide bonds. The normalized spacial score (nSPS) is 10.4. The van der Waals surface area contributed by atoms with Gasteiger partial charge >= 0.3 is 0 Å². The van der Waals surface area contributed by atoms with E-state index in [9.17, 15) is 0 Å². The maximum Gasteiger partial charge on any atom is 0.0612 e. The highest BCUT2D eigenvalue weighted by molar-refractivity contribution is 6.42. The highest BCUT2D eigenvalue weighted by Gasteiger charge is 2.03. The third kappa shape index (κ3) is 3.46. The summed E-state index contributed by atoms with van der Waals surface area (Å²) in [6, 6.07) is 10.7. The minimum Gasteiger partial charge on any atom is -0.381 e. The van der Waals surface area contributed by atoms with Crippen molar-refractivity contribution in [3.8, 4) is 0 Å². The van der Waals surface area contributed by atoms with Crippen molar-refractivity contribution in [2.45, 2.75) is 6.54 Å². The van der Waals surface area contributed by atoms with Gasteiger partial charge in [0.15, 0.2) is 0 Å². The lowest BCUT2D eigenvalue weighted by Gasteiger charge is -2.09. The Hall–Kier alpha value is -0.600. The van der Waals surface area contributed by atoms with Crippen molar-refractivity contribution < 1.29 is 0 Å². The highest BCUT2D eigenvalue weighted by Crippen LogP contribution is 2.26. The lowest BCUT2D eigenvalue weighted by molar-refractivity contribution is 1.15. The maximum absolute atomic E-state index is 6.07. The minimum atomic E-state index is 0.513. The topological polar surface area (TPSA) is 12.0 Å². The number of halogens is 4. The molecule has 0 aliphatic carbocycles. The van der Waals surface area contributed by atoms with Crippen molar-refractivity contribution in [2.24, 2.45) is 0 Å². The standard InChI is InChI=1S/C13H9Cl4N/c14-9-1-3-11(15)8(5-9)7-18-10-2-4-12(16)13(17)6-10/h1-6,18H,7H2. The average molecular weight is 321 g/mol. The Morgan fingerprint density at radius 3 is 2.22 bits per heavy atom. The predicted molar refractivity (Wildman–Crippen MR) is 80.3 cm³/mol. The fourth-order valence-corrected chi connectivity index (χ4v) is 2.16. The average Bonchev–Trinajstić information content (AvgIpc) is 2.34. The molecule has 0 fully saturated rings. The third-order valence-corrected chi connectivity index (χ3v) is 3.75. The molecule has 1 nitrogen and oxygen atoms in total. The van der Waals surface area contributed by atoms with Crippen LogP contribution in [0, 0.1) is 0 Å². The number of rotatable bonds is 3. The van der Waals surface area contributed by atoms with Gasteiger partial charge in [0.1, 0.15) is 0 Å². The molecule has 0 heterocycles. The van der Waals surface area contributed by atoms with Gasteiger partial charge in [0, 0.05) is 22.3 Å². The van der Waals surface area contributed by atoms with Crippen LogP contribution in [0.5, 0.6) is 0 Å². The van der Waals surface area contributed by atoms with Crippen LogP contribution < -0.4 is 5.32 Å². The molecule has 0 aromatic heterocycles. The van der Waals surface area contributed by atoms with Crippen LogP contribution in [0.15, 0.2) is 36.4 Å². The Morgan fingerprint density at radius 1 is 0.778 bits per heavy atom. The number of hydrogen-bond donors (Lipinski definition) is 1. The lowest BCUT2D eigenvalue weighted by Crippen LogP contribution is -2.00. The lowest BCUT2D eigenvalue weighted by atomic mass is 10.2. The van der Waals surface area contributed by atoms with Gasteiger partial charge in [-0.05, 0) is 42.0 Å². The molecular formula is C13H9Cl4N. The van der Waals surface area contributed by atoms with Crippen LogP contribution in [-0.2, 0) is 6.54 Å². The first-order valence-corrected chi connectivity index (χ1v) is 6.70. The summed E-state index contributed by atoms with van der Waals surface area (Å²) < 4.78 is 0. The van der Waals surface area contributed by atoms with E-state index in [0.717, 1.165) is 11.3 Å². The van der Waals surface area contributed by atoms with Crippen LogP contribution in [0.3, 0.4) is 0 Å². The second-order valence-corrected chi connectivity index (χ2v) is 5.38. The summed E-state index contributed by atoms with van der Waals surface area (Å²) in [5, 5.41) is 5.59. The van der Waals surface area contributed by atoms with Gasteiger partial charge in [-0.15, -0.1) is 0 Å². The van der Waals surface area contributed by atoms with Crippen molar-refractivity contribution in [3.63, 3.8) is 0 Å². The molecule has 94 valence electrons. The van der Waals surface area contributed by atoms with Crippen molar-refractivity contribution in [1.29, 1.82) is 0 Å². The molecular weight excluding hydrogens is 312 g/mol. The van der Waals surface area contributed by atoms with Crippen LogP contribution in [-0.4, -0.2) is 0 Å². The van der Waals surface area contributed by atoms with Crippen LogP contribution in [0.1, 0.15) is 5.56 Å². The van der Waals surface area contributed by atoms with E-state index >= 15 is 0 Å². The first kappa shape index (κ1) is 13.8. The molecule has 0 unspecified atom stereocenters. The first-order chi connectivity index (χ1) is 8.56. The number of benzene rings is 2. The molecule has 0 radical (unpaired) electrons. The van der Waals surface area contributed by atoms with Gasteiger partial charge in [-0.2, -0.15) is 0 Å². The second-order valence-electron chi connectivity index (χ2n) is 3.72. The molecule has 0 aliphatic rings. The summed E-state index contributed by atoms with van der Waals surface area (Å²) in [4.78, 5) is 0. The molecule has 2 aromatic rings. The molecule has 1 N–H and O–H groups in total. The Labute approximate surface area is 126 Å². The monoisotopic (exact) mass is 319 g/mol. The van der Waals surface area contributed by atoms with E-state index in [1.54, 1.807) is 24.3 Å². The molecule has 0 saturated heterocycles. The molecule has 0 saturated carbocycles. The van der Waals surface area contributed by atoms with Crippen LogP contribution in [0.4, 0.5) is 5.69 Å². The van der Waals surface area contributed by atoms with Crippen LogP contribution in [0.2, 0.25) is 20.1 Å². The van der Waals surface area contributed by atoms with E-state index < -0.39 is 0 Å². The summed E-state index contributed by atoms with van der Waals surface area (Å²) >= 11 is 23.8. The quantitative estimate of drug-likeness (QED) is 0.741. The zero-order valence-electron chi connectivity index (χ0n) is 9.18. The summed E-state index contributed by atoms with van der Waals surface area (Å²) in [7, 11) is 0. The van der Waals surface area contributed by atoms with Gasteiger partial charge in [-0.3, -0.25) is 0 Å². The molecule has 0 atom stereocenters. The molecule has 18 heavy (non-hydrogen) atoms. The zero-order chi connectivity index (χ0) is 13.1. The maximum atomic E-state index is 6.07. The number of anilines is 1. The fourth-order valence-electron chi connectivity index (χ4n) is 1.48. The highest BCUT2D eigenvalue weighted by atomic mass is 35.5. The Bertz CT molecular complexity index is 569. The van der Waals surface area contributed by atoms with Gasteiger partial charge < -0.3 is 5.32 Å². The summed E-state index contributed by atoms with van der Waals surface area (Å²) in [6.45, 7) is 0.567. The smallest absolute Gasteiger partial charge is 0.0612 e. The predicted octanol–water partition coefficient (Wildman–Crippen LogP) is 5.91. The van der Waals surface area contributed by atoms with Gasteiger partial charge in [-0.25, -0.2) is 0 Å². The Kier molecular flexibility index (Phi) is 4.63. The number of hydrogen-bond acceptors (Lipinski definition) is 1. The van der Waals surface area contributed by atoms with Gasteiger partial charge in [0.2, 0.25) is 0 Å². The van der Waals surface area contributed by atoms with E-state index in [1.165, 1.54) is 0 Å². The molecule has 0 aliphatic heterocycles. The van der Waals surface area contributed by atoms with E-state index in [-0.39, 0.29) is 0 Å². The van der Waals surface area contributed by atoms with E-state index in [0.29, 0.717) is 26.6 Å². The van der Waals surface area contributed by atoms with Gasteiger partial charge in [-0.1, -0.05) is 46.4 Å². The van der Waals surface area contributed by atoms with Crippen molar-refractivity contribution in [3.05, 3.63) is 62.1 Å². The second kappa shape index (κ2) is 6.03. The van der Waals surface area contributed by atoms with Crippen LogP contribution in [0.25, 0.3) is 0 Å². The Balaban J connectivity index is 2.11. The summed E-state index contributed by atoms with van der Waals surface area (Å²) in [5.41, 5.74) is 1.80.